The van der Waals surface area contributed by atoms with E-state index in [1.165, 1.54) is 47.4 Å². The summed E-state index contributed by atoms with van der Waals surface area (Å²) in [5.41, 5.74) is 2.17. The van der Waals surface area contributed by atoms with Gasteiger partial charge in [-0.15, -0.1) is 0 Å². The van der Waals surface area contributed by atoms with E-state index in [9.17, 15) is 18.0 Å². The molecule has 4 nitrogen and oxygen atoms in total. The van der Waals surface area contributed by atoms with Gasteiger partial charge in [-0.05, 0) is 53.6 Å². The molecule has 1 amide bonds. The summed E-state index contributed by atoms with van der Waals surface area (Å²) in [7, 11) is 0. The number of carbonyl (C=O) groups is 1. The highest BCUT2D eigenvalue weighted by molar-refractivity contribution is 6.01. The standard InChI is InChI=1S/C24H19F3N2O2/c25-19-9-7-17(8-10-19)23-13-22(31-28-23)15-29(14-16-3-1-5-20(26)11-16)24(30)18-4-2-6-21(27)12-18/h1-12,22H,13-15H2. The van der Waals surface area contributed by atoms with Gasteiger partial charge in [-0.25, -0.2) is 13.2 Å². The molecule has 0 aliphatic carbocycles. The lowest BCUT2D eigenvalue weighted by atomic mass is 10.0. The SMILES string of the molecule is O=C(c1cccc(F)c1)N(Cc1cccc(F)c1)CC1CC(c2ccc(F)cc2)=NO1. The van der Waals surface area contributed by atoms with Gasteiger partial charge < -0.3 is 9.74 Å². The number of oxime groups is 1. The van der Waals surface area contributed by atoms with E-state index in [0.29, 0.717) is 17.7 Å². The molecule has 0 bridgehead atoms. The Balaban J connectivity index is 1.52. The molecule has 0 spiro atoms. The number of hydrogen-bond acceptors (Lipinski definition) is 3. The number of halogens is 3. The first kappa shape index (κ1) is 20.7. The summed E-state index contributed by atoms with van der Waals surface area (Å²) in [6, 6.07) is 17.3. The summed E-state index contributed by atoms with van der Waals surface area (Å²) in [6.45, 7) is 0.291. The van der Waals surface area contributed by atoms with Crippen LogP contribution in [-0.2, 0) is 11.4 Å². The van der Waals surface area contributed by atoms with Crippen LogP contribution in [0.5, 0.6) is 0 Å². The molecule has 1 heterocycles. The fraction of sp³-hybridized carbons (Fsp3) is 0.167. The maximum Gasteiger partial charge on any atom is 0.254 e. The van der Waals surface area contributed by atoms with E-state index in [-0.39, 0.29) is 24.5 Å². The molecule has 7 heteroatoms. The molecule has 4 rings (SSSR count). The molecule has 0 saturated heterocycles. The zero-order chi connectivity index (χ0) is 21.8. The fourth-order valence-electron chi connectivity index (χ4n) is 3.46. The molecule has 1 aliphatic rings. The van der Waals surface area contributed by atoms with Crippen LogP contribution in [0.1, 0.15) is 27.9 Å². The third-order valence-corrected chi connectivity index (χ3v) is 4.96. The molecule has 0 fully saturated rings. The molecule has 31 heavy (non-hydrogen) atoms. The zero-order valence-electron chi connectivity index (χ0n) is 16.5. The Morgan fingerprint density at radius 1 is 0.935 bits per heavy atom. The summed E-state index contributed by atoms with van der Waals surface area (Å²) in [6.07, 6.45) is -0.0204. The topological polar surface area (TPSA) is 41.9 Å². The average molecular weight is 424 g/mol. The minimum Gasteiger partial charge on any atom is -0.390 e. The van der Waals surface area contributed by atoms with Gasteiger partial charge in [-0.3, -0.25) is 4.79 Å². The molecule has 0 N–H and O–H groups in total. The number of nitrogens with zero attached hydrogens (tertiary/aromatic N) is 2. The number of benzene rings is 3. The second-order valence-electron chi connectivity index (χ2n) is 7.30. The summed E-state index contributed by atoms with van der Waals surface area (Å²) in [4.78, 5) is 20.1. The van der Waals surface area contributed by atoms with Crippen molar-refractivity contribution in [3.05, 3.63) is 107 Å². The number of amides is 1. The lowest BCUT2D eigenvalue weighted by Crippen LogP contribution is -2.37. The second-order valence-corrected chi connectivity index (χ2v) is 7.30. The Morgan fingerprint density at radius 2 is 1.65 bits per heavy atom. The predicted molar refractivity (Wildman–Crippen MR) is 110 cm³/mol. The van der Waals surface area contributed by atoms with Gasteiger partial charge in [0.2, 0.25) is 0 Å². The van der Waals surface area contributed by atoms with Gasteiger partial charge in [-0.1, -0.05) is 35.5 Å². The minimum absolute atomic E-state index is 0.124. The maximum absolute atomic E-state index is 13.7. The quantitative estimate of drug-likeness (QED) is 0.563. The van der Waals surface area contributed by atoms with Gasteiger partial charge in [0.1, 0.15) is 17.5 Å². The van der Waals surface area contributed by atoms with E-state index in [2.05, 4.69) is 5.16 Å². The van der Waals surface area contributed by atoms with E-state index in [1.807, 2.05) is 0 Å². The Morgan fingerprint density at radius 3 is 2.35 bits per heavy atom. The molecule has 3 aromatic carbocycles. The van der Waals surface area contributed by atoms with Crippen molar-refractivity contribution in [1.82, 2.24) is 4.90 Å². The first-order valence-corrected chi connectivity index (χ1v) is 9.76. The minimum atomic E-state index is -0.518. The van der Waals surface area contributed by atoms with Crippen molar-refractivity contribution in [2.75, 3.05) is 6.54 Å². The average Bonchev–Trinajstić information content (AvgIpc) is 3.22. The highest BCUT2D eigenvalue weighted by Crippen LogP contribution is 2.20. The second kappa shape index (κ2) is 9.04. The predicted octanol–water partition coefficient (Wildman–Crippen LogP) is 4.94. The van der Waals surface area contributed by atoms with Crippen molar-refractivity contribution in [3.8, 4) is 0 Å². The highest BCUT2D eigenvalue weighted by atomic mass is 19.1. The number of rotatable bonds is 6. The van der Waals surface area contributed by atoms with Gasteiger partial charge in [0.05, 0.1) is 12.3 Å². The van der Waals surface area contributed by atoms with Gasteiger partial charge in [0.25, 0.3) is 5.91 Å². The van der Waals surface area contributed by atoms with E-state index in [4.69, 9.17) is 4.84 Å². The third kappa shape index (κ3) is 5.12. The van der Waals surface area contributed by atoms with Gasteiger partial charge >= 0.3 is 0 Å². The molecular weight excluding hydrogens is 405 g/mol. The first-order valence-electron chi connectivity index (χ1n) is 9.76. The Kier molecular flexibility index (Phi) is 6.02. The van der Waals surface area contributed by atoms with Crippen molar-refractivity contribution in [1.29, 1.82) is 0 Å². The monoisotopic (exact) mass is 424 g/mol. The molecule has 1 aliphatic heterocycles. The maximum atomic E-state index is 13.7. The summed E-state index contributed by atoms with van der Waals surface area (Å²) < 4.78 is 40.5. The Hall–Kier alpha value is -3.61. The van der Waals surface area contributed by atoms with E-state index >= 15 is 0 Å². The molecule has 1 unspecified atom stereocenters. The smallest absolute Gasteiger partial charge is 0.254 e. The van der Waals surface area contributed by atoms with Crippen molar-refractivity contribution >= 4 is 11.6 Å². The Bertz CT molecular complexity index is 1120. The first-order chi connectivity index (χ1) is 15.0. The van der Waals surface area contributed by atoms with Crippen molar-refractivity contribution in [2.24, 2.45) is 5.16 Å². The molecule has 1 atom stereocenters. The van der Waals surface area contributed by atoms with Gasteiger partial charge in [-0.2, -0.15) is 0 Å². The Labute approximate surface area is 177 Å². The van der Waals surface area contributed by atoms with Crippen LogP contribution in [0.3, 0.4) is 0 Å². The van der Waals surface area contributed by atoms with Crippen LogP contribution >= 0.6 is 0 Å². The lowest BCUT2D eigenvalue weighted by Gasteiger charge is -2.25. The van der Waals surface area contributed by atoms with Gasteiger partial charge in [0.15, 0.2) is 6.10 Å². The van der Waals surface area contributed by atoms with E-state index in [0.717, 1.165) is 11.6 Å². The molecule has 3 aromatic rings. The van der Waals surface area contributed by atoms with Crippen LogP contribution in [0.4, 0.5) is 13.2 Å². The van der Waals surface area contributed by atoms with Crippen LogP contribution in [0.15, 0.2) is 78.0 Å². The number of hydrogen-bond donors (Lipinski definition) is 0. The van der Waals surface area contributed by atoms with Crippen LogP contribution in [0.2, 0.25) is 0 Å². The summed E-state index contributed by atoms with van der Waals surface area (Å²) in [5.74, 6) is -1.67. The van der Waals surface area contributed by atoms with Crippen LogP contribution in [0.25, 0.3) is 0 Å². The molecule has 0 radical (unpaired) electrons. The van der Waals surface area contributed by atoms with Crippen molar-refractivity contribution < 1.29 is 22.8 Å². The van der Waals surface area contributed by atoms with Crippen molar-refractivity contribution in [3.63, 3.8) is 0 Å². The highest BCUT2D eigenvalue weighted by Gasteiger charge is 2.27. The van der Waals surface area contributed by atoms with E-state index in [1.54, 1.807) is 24.3 Å². The van der Waals surface area contributed by atoms with Crippen LogP contribution in [-0.4, -0.2) is 29.2 Å². The van der Waals surface area contributed by atoms with Gasteiger partial charge in [0, 0.05) is 18.5 Å². The fourth-order valence-corrected chi connectivity index (χ4v) is 3.46. The molecule has 158 valence electrons. The van der Waals surface area contributed by atoms with Crippen LogP contribution < -0.4 is 0 Å². The normalized spacial score (nSPS) is 15.3. The molecule has 0 aromatic heterocycles. The third-order valence-electron chi connectivity index (χ3n) is 4.96. The summed E-state index contributed by atoms with van der Waals surface area (Å²) in [5, 5.41) is 4.07. The number of carbonyl (C=O) groups excluding carboxylic acids is 1. The molecular formula is C24H19F3N2O2. The lowest BCUT2D eigenvalue weighted by molar-refractivity contribution is 0.0404. The molecule has 0 saturated carbocycles. The van der Waals surface area contributed by atoms with E-state index < -0.39 is 23.6 Å². The largest absolute Gasteiger partial charge is 0.390 e. The van der Waals surface area contributed by atoms with Crippen LogP contribution in [0, 0.1) is 17.5 Å². The zero-order valence-corrected chi connectivity index (χ0v) is 16.5. The van der Waals surface area contributed by atoms with Crippen molar-refractivity contribution in [2.45, 2.75) is 19.1 Å². The summed E-state index contributed by atoms with van der Waals surface area (Å²) >= 11 is 0.